The minimum absolute atomic E-state index is 0.0310. The van der Waals surface area contributed by atoms with Crippen LogP contribution in [0.25, 0.3) is 0 Å². The van der Waals surface area contributed by atoms with Gasteiger partial charge in [-0.25, -0.2) is 0 Å². The van der Waals surface area contributed by atoms with E-state index in [-0.39, 0.29) is 24.3 Å². The van der Waals surface area contributed by atoms with Gasteiger partial charge >= 0.3 is 0 Å². The lowest BCUT2D eigenvalue weighted by Crippen LogP contribution is -2.36. The third kappa shape index (κ3) is 6.05. The number of carbonyl (C=O) groups excluding carboxylic acids is 3. The fraction of sp³-hybridized carbons (Fsp3) is 0.250. The summed E-state index contributed by atoms with van der Waals surface area (Å²) >= 11 is 0. The largest absolute Gasteiger partial charge is 0.329 e. The zero-order valence-electron chi connectivity index (χ0n) is 15.2. The number of nitrogens with zero attached hydrogens (tertiary/aromatic N) is 1. The first-order valence-electron chi connectivity index (χ1n) is 8.32. The quantitative estimate of drug-likeness (QED) is 0.838. The Morgan fingerprint density at radius 3 is 2.08 bits per heavy atom. The molecule has 0 atom stereocenters. The summed E-state index contributed by atoms with van der Waals surface area (Å²) in [6.07, 6.45) is 0. The van der Waals surface area contributed by atoms with Crippen LogP contribution in [-0.4, -0.2) is 29.2 Å². The molecule has 0 radical (unpaired) electrons. The molecule has 0 aromatic heterocycles. The maximum Gasteiger partial charge on any atom is 0.244 e. The monoisotopic (exact) mass is 353 g/mol. The van der Waals surface area contributed by atoms with Gasteiger partial charge in [0.05, 0.1) is 0 Å². The molecule has 0 aliphatic heterocycles. The Balaban J connectivity index is 1.97. The highest BCUT2D eigenvalue weighted by Crippen LogP contribution is 2.14. The summed E-state index contributed by atoms with van der Waals surface area (Å²) in [4.78, 5) is 36.7. The molecule has 2 rings (SSSR count). The molecule has 136 valence electrons. The molecule has 2 N–H and O–H groups in total. The molecule has 6 nitrogen and oxygen atoms in total. The van der Waals surface area contributed by atoms with E-state index in [4.69, 9.17) is 0 Å². The number of rotatable bonds is 6. The Kier molecular flexibility index (Phi) is 6.49. The Hall–Kier alpha value is -3.15. The van der Waals surface area contributed by atoms with E-state index in [1.807, 2.05) is 31.2 Å². The predicted octanol–water partition coefficient (Wildman–Crippen LogP) is 2.94. The van der Waals surface area contributed by atoms with Crippen molar-refractivity contribution in [3.8, 4) is 0 Å². The minimum Gasteiger partial charge on any atom is -0.329 e. The lowest BCUT2D eigenvalue weighted by atomic mass is 10.1. The van der Waals surface area contributed by atoms with Crippen LogP contribution in [0.15, 0.2) is 48.5 Å². The van der Waals surface area contributed by atoms with Gasteiger partial charge in [0.2, 0.25) is 17.7 Å². The van der Waals surface area contributed by atoms with Crippen LogP contribution in [0.1, 0.15) is 25.0 Å². The maximum absolute atomic E-state index is 12.3. The van der Waals surface area contributed by atoms with Crippen LogP contribution in [0.2, 0.25) is 0 Å². The summed E-state index contributed by atoms with van der Waals surface area (Å²) in [5.74, 6) is -0.599. The third-order valence-corrected chi connectivity index (χ3v) is 3.72. The molecule has 0 saturated heterocycles. The average molecular weight is 353 g/mol. The van der Waals surface area contributed by atoms with Gasteiger partial charge in [-0.2, -0.15) is 0 Å². The number of hydrogen-bond acceptors (Lipinski definition) is 3. The molecule has 0 aliphatic carbocycles. The van der Waals surface area contributed by atoms with E-state index in [1.54, 1.807) is 24.3 Å². The van der Waals surface area contributed by atoms with Gasteiger partial charge < -0.3 is 15.5 Å². The topological polar surface area (TPSA) is 78.5 Å². The lowest BCUT2D eigenvalue weighted by Gasteiger charge is -2.21. The predicted molar refractivity (Wildman–Crippen MR) is 102 cm³/mol. The first-order valence-corrected chi connectivity index (χ1v) is 8.32. The van der Waals surface area contributed by atoms with Crippen molar-refractivity contribution >= 4 is 29.1 Å². The Labute approximate surface area is 153 Å². The Bertz CT molecular complexity index is 800. The summed E-state index contributed by atoms with van der Waals surface area (Å²) in [6.45, 7) is 5.22. The summed E-state index contributed by atoms with van der Waals surface area (Å²) in [5, 5.41) is 5.42. The van der Waals surface area contributed by atoms with E-state index in [1.165, 1.54) is 18.7 Å². The van der Waals surface area contributed by atoms with Crippen LogP contribution >= 0.6 is 0 Å². The average Bonchev–Trinajstić information content (AvgIpc) is 2.55. The molecule has 0 saturated carbocycles. The smallest absolute Gasteiger partial charge is 0.244 e. The molecule has 2 aromatic rings. The molecule has 0 fully saturated rings. The normalized spacial score (nSPS) is 10.1. The zero-order valence-corrected chi connectivity index (χ0v) is 15.2. The second kappa shape index (κ2) is 8.80. The van der Waals surface area contributed by atoms with Gasteiger partial charge in [-0.15, -0.1) is 0 Å². The van der Waals surface area contributed by atoms with Crippen LogP contribution in [0.3, 0.4) is 0 Å². The van der Waals surface area contributed by atoms with E-state index in [0.717, 1.165) is 11.1 Å². The maximum atomic E-state index is 12.3. The highest BCUT2D eigenvalue weighted by molar-refractivity contribution is 5.95. The van der Waals surface area contributed by atoms with Gasteiger partial charge in [0.15, 0.2) is 0 Å². The van der Waals surface area contributed by atoms with Gasteiger partial charge in [0.25, 0.3) is 0 Å². The van der Waals surface area contributed by atoms with Crippen LogP contribution in [0.5, 0.6) is 0 Å². The number of aryl methyl sites for hydroxylation is 1. The second-order valence-electron chi connectivity index (χ2n) is 6.17. The van der Waals surface area contributed by atoms with Crippen molar-refractivity contribution in [3.05, 3.63) is 59.7 Å². The van der Waals surface area contributed by atoms with Crippen LogP contribution in [0, 0.1) is 6.92 Å². The fourth-order valence-corrected chi connectivity index (χ4v) is 2.52. The number of benzene rings is 2. The van der Waals surface area contributed by atoms with E-state index in [9.17, 15) is 14.4 Å². The highest BCUT2D eigenvalue weighted by Gasteiger charge is 2.14. The number of carbonyl (C=O) groups is 3. The molecule has 3 amide bonds. The summed E-state index contributed by atoms with van der Waals surface area (Å²) in [7, 11) is 0. The van der Waals surface area contributed by atoms with Gasteiger partial charge in [-0.3, -0.25) is 14.4 Å². The molecule has 26 heavy (non-hydrogen) atoms. The van der Waals surface area contributed by atoms with E-state index in [2.05, 4.69) is 10.6 Å². The Morgan fingerprint density at radius 1 is 0.923 bits per heavy atom. The van der Waals surface area contributed by atoms with Crippen molar-refractivity contribution in [1.82, 2.24) is 4.90 Å². The fourth-order valence-electron chi connectivity index (χ4n) is 2.52. The number of anilines is 2. The number of hydrogen-bond donors (Lipinski definition) is 2. The van der Waals surface area contributed by atoms with Crippen molar-refractivity contribution in [2.45, 2.75) is 27.3 Å². The van der Waals surface area contributed by atoms with Gasteiger partial charge in [-0.1, -0.05) is 29.8 Å². The molecule has 2 aromatic carbocycles. The summed E-state index contributed by atoms with van der Waals surface area (Å²) in [5.41, 5.74) is 3.34. The van der Waals surface area contributed by atoms with Crippen molar-refractivity contribution < 1.29 is 14.4 Å². The highest BCUT2D eigenvalue weighted by atomic mass is 16.2. The lowest BCUT2D eigenvalue weighted by molar-refractivity contribution is -0.133. The molecule has 0 spiro atoms. The SMILES string of the molecule is CC(=O)Nc1ccc(NC(=O)CN(Cc2cccc(C)c2)C(C)=O)cc1. The van der Waals surface area contributed by atoms with Gasteiger partial charge in [0, 0.05) is 31.8 Å². The molecule has 6 heteroatoms. The molecular formula is C20H23N3O3. The van der Waals surface area contributed by atoms with Crippen molar-refractivity contribution in [1.29, 1.82) is 0 Å². The van der Waals surface area contributed by atoms with Crippen molar-refractivity contribution in [3.63, 3.8) is 0 Å². The number of nitrogens with one attached hydrogen (secondary N) is 2. The zero-order chi connectivity index (χ0) is 19.1. The second-order valence-corrected chi connectivity index (χ2v) is 6.17. The summed E-state index contributed by atoms with van der Waals surface area (Å²) in [6, 6.07) is 14.6. The summed E-state index contributed by atoms with van der Waals surface area (Å²) < 4.78 is 0. The van der Waals surface area contributed by atoms with Crippen LogP contribution in [0.4, 0.5) is 11.4 Å². The Morgan fingerprint density at radius 2 is 1.54 bits per heavy atom. The third-order valence-electron chi connectivity index (χ3n) is 3.72. The first-order chi connectivity index (χ1) is 12.3. The van der Waals surface area contributed by atoms with Gasteiger partial charge in [-0.05, 0) is 36.8 Å². The first kappa shape index (κ1) is 19.2. The van der Waals surface area contributed by atoms with Crippen molar-refractivity contribution in [2.75, 3.05) is 17.2 Å². The van der Waals surface area contributed by atoms with Crippen molar-refractivity contribution in [2.24, 2.45) is 0 Å². The molecule has 0 unspecified atom stereocenters. The standard InChI is InChI=1S/C20H23N3O3/c1-14-5-4-6-17(11-14)12-23(16(3)25)13-20(26)22-19-9-7-18(8-10-19)21-15(2)24/h4-11H,12-13H2,1-3H3,(H,21,24)(H,22,26). The van der Waals surface area contributed by atoms with Crippen LogP contribution in [-0.2, 0) is 20.9 Å². The number of amides is 3. The molecular weight excluding hydrogens is 330 g/mol. The van der Waals surface area contributed by atoms with E-state index >= 15 is 0 Å². The van der Waals surface area contributed by atoms with Gasteiger partial charge in [0.1, 0.15) is 6.54 Å². The van der Waals surface area contributed by atoms with Crippen LogP contribution < -0.4 is 10.6 Å². The molecule has 0 aliphatic rings. The molecule has 0 heterocycles. The minimum atomic E-state index is -0.278. The molecule has 0 bridgehead atoms. The van der Waals surface area contributed by atoms with E-state index < -0.39 is 0 Å². The van der Waals surface area contributed by atoms with E-state index in [0.29, 0.717) is 17.9 Å².